The third-order valence-electron chi connectivity index (χ3n) is 11.0. The summed E-state index contributed by atoms with van der Waals surface area (Å²) in [5.74, 6) is -0.127. The number of amides is 4. The summed E-state index contributed by atoms with van der Waals surface area (Å²) in [6.45, 7) is 6.56. The number of aromatic nitrogens is 3. The van der Waals surface area contributed by atoms with Crippen molar-refractivity contribution in [3.8, 4) is 11.5 Å². The van der Waals surface area contributed by atoms with Crippen LogP contribution in [0.1, 0.15) is 68.8 Å². The van der Waals surface area contributed by atoms with Crippen molar-refractivity contribution in [1.29, 1.82) is 0 Å². The van der Waals surface area contributed by atoms with Gasteiger partial charge in [0.1, 0.15) is 16.8 Å². The van der Waals surface area contributed by atoms with E-state index in [1.165, 1.54) is 14.2 Å². The third-order valence-corrected chi connectivity index (χ3v) is 11.3. The lowest BCUT2D eigenvalue weighted by Gasteiger charge is -2.38. The van der Waals surface area contributed by atoms with Gasteiger partial charge in [0, 0.05) is 68.5 Å². The number of nitrogens with one attached hydrogen (secondary N) is 4. The van der Waals surface area contributed by atoms with Crippen LogP contribution in [0, 0.1) is 0 Å². The fourth-order valence-electron chi connectivity index (χ4n) is 7.81. The van der Waals surface area contributed by atoms with E-state index in [1.54, 1.807) is 22.9 Å². The summed E-state index contributed by atoms with van der Waals surface area (Å²) in [6, 6.07) is 11.7. The highest BCUT2D eigenvalue weighted by Crippen LogP contribution is 2.32. The zero-order valence-corrected chi connectivity index (χ0v) is 34.8. The van der Waals surface area contributed by atoms with Gasteiger partial charge in [-0.15, -0.1) is 0 Å². The van der Waals surface area contributed by atoms with Crippen LogP contribution in [0.15, 0.2) is 53.5 Å². The van der Waals surface area contributed by atoms with Crippen molar-refractivity contribution in [2.75, 3.05) is 62.1 Å². The van der Waals surface area contributed by atoms with E-state index in [-0.39, 0.29) is 60.8 Å². The number of piperidine rings is 3. The van der Waals surface area contributed by atoms with Gasteiger partial charge in [-0.1, -0.05) is 11.6 Å². The molecule has 18 heteroatoms. The molecular weight excluding hydrogens is 794 g/mol. The normalized spacial score (nSPS) is 17.7. The number of methoxy groups -OCH3 is 1. The highest BCUT2D eigenvalue weighted by atomic mass is 35.5. The lowest BCUT2D eigenvalue weighted by Crippen LogP contribution is -2.52. The maximum absolute atomic E-state index is 13.2. The minimum Gasteiger partial charge on any atom is -0.496 e. The van der Waals surface area contributed by atoms with E-state index < -0.39 is 17.9 Å². The largest absolute Gasteiger partial charge is 0.496 e. The summed E-state index contributed by atoms with van der Waals surface area (Å²) in [6.07, 6.45) is 5.59. The molecule has 3 aliphatic heterocycles. The van der Waals surface area contributed by atoms with E-state index in [4.69, 9.17) is 30.8 Å². The average molecular weight is 844 g/mol. The van der Waals surface area contributed by atoms with E-state index in [9.17, 15) is 24.0 Å². The zero-order chi connectivity index (χ0) is 42.5. The summed E-state index contributed by atoms with van der Waals surface area (Å²) < 4.78 is 19.4. The molecular formula is C42H50ClN9O8. The Morgan fingerprint density at radius 1 is 0.933 bits per heavy atom. The Kier molecular flexibility index (Phi) is 13.0. The van der Waals surface area contributed by atoms with Crippen molar-refractivity contribution >= 4 is 69.3 Å². The molecule has 4 amide bonds. The molecule has 2 aromatic carbocycles. The van der Waals surface area contributed by atoms with Gasteiger partial charge < -0.3 is 44.5 Å². The predicted molar refractivity (Wildman–Crippen MR) is 227 cm³/mol. The second-order valence-electron chi connectivity index (χ2n) is 15.4. The molecule has 60 heavy (non-hydrogen) atoms. The third kappa shape index (κ3) is 9.57. The van der Waals surface area contributed by atoms with Crippen LogP contribution in [0.4, 0.5) is 23.1 Å². The van der Waals surface area contributed by atoms with Gasteiger partial charge in [0.15, 0.2) is 18.2 Å². The number of pyridine rings is 1. The minimum atomic E-state index is -0.773. The number of benzene rings is 2. The van der Waals surface area contributed by atoms with Crippen molar-refractivity contribution in [1.82, 2.24) is 30.5 Å². The summed E-state index contributed by atoms with van der Waals surface area (Å²) >= 11 is 6.58. The van der Waals surface area contributed by atoms with Crippen molar-refractivity contribution < 1.29 is 33.4 Å². The lowest BCUT2D eigenvalue weighted by molar-refractivity contribution is -0.134. The lowest BCUT2D eigenvalue weighted by atomic mass is 10.0. The summed E-state index contributed by atoms with van der Waals surface area (Å²) in [5, 5.41) is 11.9. The van der Waals surface area contributed by atoms with Crippen molar-refractivity contribution in [3.63, 3.8) is 0 Å². The summed E-state index contributed by atoms with van der Waals surface area (Å²) in [4.78, 5) is 75.4. The Morgan fingerprint density at radius 3 is 2.32 bits per heavy atom. The molecule has 1 unspecified atom stereocenters. The average Bonchev–Trinajstić information content (AvgIpc) is 3.24. The molecule has 1 atom stereocenters. The first-order chi connectivity index (χ1) is 28.9. The Morgan fingerprint density at radius 2 is 1.65 bits per heavy atom. The van der Waals surface area contributed by atoms with Gasteiger partial charge in [-0.25, -0.2) is 4.98 Å². The fraction of sp³-hybridized carbons (Fsp3) is 0.452. The number of nitrogens with zero attached hydrogens (tertiary/aromatic N) is 5. The molecule has 7 rings (SSSR count). The molecule has 0 bridgehead atoms. The number of fused-ring (bicyclic) bond motifs is 1. The molecule has 17 nitrogen and oxygen atoms in total. The Bertz CT molecular complexity index is 2320. The summed E-state index contributed by atoms with van der Waals surface area (Å²) in [5.41, 5.74) is 2.36. The van der Waals surface area contributed by atoms with Gasteiger partial charge in [0.05, 0.1) is 36.6 Å². The minimum absolute atomic E-state index is 0.0830. The Labute approximate surface area is 352 Å². The van der Waals surface area contributed by atoms with E-state index in [1.807, 2.05) is 44.2 Å². The maximum atomic E-state index is 13.2. The van der Waals surface area contributed by atoms with E-state index in [0.29, 0.717) is 33.8 Å². The molecule has 318 valence electrons. The molecule has 4 N–H and O–H groups in total. The Balaban J connectivity index is 0.920. The van der Waals surface area contributed by atoms with Crippen LogP contribution in [0.25, 0.3) is 10.9 Å². The second-order valence-corrected chi connectivity index (χ2v) is 15.8. The van der Waals surface area contributed by atoms with Crippen molar-refractivity contribution in [2.24, 2.45) is 0 Å². The van der Waals surface area contributed by atoms with Crippen LogP contribution < -0.4 is 46.1 Å². The van der Waals surface area contributed by atoms with Gasteiger partial charge in [0.2, 0.25) is 17.8 Å². The van der Waals surface area contributed by atoms with Gasteiger partial charge in [0.25, 0.3) is 17.4 Å². The SMILES string of the molecule is CNC(=O)COc1cc2cc(Nc3nc(N4CCC(OC5CCN(c6ccc(C(=O)NC7CCC(=O)NC7=O)c(OC)c6)CC5)CC4)ncc3Cl)ccc2n(C(C)C)c1=O. The van der Waals surface area contributed by atoms with Crippen LogP contribution >= 0.6 is 11.6 Å². The number of carbonyl (C=O) groups is 4. The van der Waals surface area contributed by atoms with Gasteiger partial charge in [-0.05, 0) is 82.3 Å². The van der Waals surface area contributed by atoms with Crippen LogP contribution in [0.5, 0.6) is 11.5 Å². The van der Waals surface area contributed by atoms with Crippen LogP contribution in [-0.4, -0.2) is 103 Å². The van der Waals surface area contributed by atoms with Gasteiger partial charge >= 0.3 is 0 Å². The topological polar surface area (TPSA) is 198 Å². The van der Waals surface area contributed by atoms with Crippen LogP contribution in [-0.2, 0) is 19.1 Å². The molecule has 0 spiro atoms. The number of hydrogen-bond acceptors (Lipinski definition) is 13. The fourth-order valence-corrected chi connectivity index (χ4v) is 7.95. The quantitative estimate of drug-likeness (QED) is 0.141. The first-order valence-corrected chi connectivity index (χ1v) is 20.6. The number of carbonyl (C=O) groups excluding carboxylic acids is 4. The van der Waals surface area contributed by atoms with Crippen molar-refractivity contribution in [2.45, 2.75) is 76.7 Å². The molecule has 0 saturated carbocycles. The van der Waals surface area contributed by atoms with Crippen molar-refractivity contribution in [3.05, 3.63) is 69.6 Å². The molecule has 2 aromatic heterocycles. The van der Waals surface area contributed by atoms with Gasteiger partial charge in [-0.3, -0.25) is 29.3 Å². The highest BCUT2D eigenvalue weighted by Gasteiger charge is 2.30. The number of rotatable bonds is 13. The molecule has 0 aliphatic carbocycles. The predicted octanol–water partition coefficient (Wildman–Crippen LogP) is 4.09. The number of anilines is 4. The molecule has 3 aliphatic rings. The van der Waals surface area contributed by atoms with Gasteiger partial charge in [-0.2, -0.15) is 4.98 Å². The molecule has 5 heterocycles. The van der Waals surface area contributed by atoms with Crippen LogP contribution in [0.2, 0.25) is 5.02 Å². The number of halogens is 1. The number of hydrogen-bond donors (Lipinski definition) is 4. The second kappa shape index (κ2) is 18.5. The molecule has 4 aromatic rings. The monoisotopic (exact) mass is 843 g/mol. The smallest absolute Gasteiger partial charge is 0.293 e. The number of ether oxygens (including phenoxy) is 3. The zero-order valence-electron chi connectivity index (χ0n) is 34.1. The first-order valence-electron chi connectivity index (χ1n) is 20.2. The van der Waals surface area contributed by atoms with E-state index in [2.05, 4.69) is 36.1 Å². The van der Waals surface area contributed by atoms with E-state index in [0.717, 1.165) is 68.5 Å². The van der Waals surface area contributed by atoms with E-state index >= 15 is 0 Å². The molecule has 0 radical (unpaired) electrons. The molecule has 3 fully saturated rings. The van der Waals surface area contributed by atoms with Crippen LogP contribution in [0.3, 0.4) is 0 Å². The Hall–Kier alpha value is -5.94. The first kappa shape index (κ1) is 42.2. The number of imide groups is 1. The molecule has 3 saturated heterocycles. The highest BCUT2D eigenvalue weighted by molar-refractivity contribution is 6.33. The maximum Gasteiger partial charge on any atom is 0.293 e. The number of likely N-dealkylation sites (N-methyl/N-ethyl adjacent to an activating group) is 1. The standard InChI is InChI=1S/C42H50ClN9O8/c1-24(2)52-33-9-5-26(19-25(33)20-35(41(52)57)59-23-37(54)44-3)46-38-31(43)22-45-42(49-38)51-17-13-29(14-18-51)60-28-11-15-50(16-12-28)27-6-7-30(34(21-27)58-4)39(55)47-32-8-10-36(53)48-40(32)56/h5-7,9,19-22,24,28-29,32H,8,10-18,23H2,1-4H3,(H,44,54)(H,47,55)(H,45,46,49)(H,48,53,56). The summed E-state index contributed by atoms with van der Waals surface area (Å²) in [7, 11) is 3.02.